The van der Waals surface area contributed by atoms with E-state index < -0.39 is 0 Å². The van der Waals surface area contributed by atoms with Crippen LogP contribution in [-0.4, -0.2) is 20.8 Å². The third-order valence-corrected chi connectivity index (χ3v) is 10.9. The van der Waals surface area contributed by atoms with Crippen LogP contribution in [0, 0.1) is 0 Å². The van der Waals surface area contributed by atoms with E-state index in [-0.39, 0.29) is 14.6 Å². The van der Waals surface area contributed by atoms with Gasteiger partial charge in [0, 0.05) is 9.81 Å². The number of hydrogen-bond donors (Lipinski definition) is 2. The van der Waals surface area contributed by atoms with E-state index in [2.05, 4.69) is 91.1 Å². The van der Waals surface area contributed by atoms with Gasteiger partial charge in [-0.05, 0) is 102 Å². The Hall–Kier alpha value is -2.54. The summed E-state index contributed by atoms with van der Waals surface area (Å²) in [4.78, 5) is 2.47. The summed E-state index contributed by atoms with van der Waals surface area (Å²) in [7, 11) is 0. The van der Waals surface area contributed by atoms with Crippen molar-refractivity contribution in [3.63, 3.8) is 0 Å². The summed E-state index contributed by atoms with van der Waals surface area (Å²) in [6.07, 6.45) is 14.8. The molecule has 0 spiro atoms. The van der Waals surface area contributed by atoms with Crippen LogP contribution in [0.25, 0.3) is 16.8 Å². The number of benzene rings is 2. The van der Waals surface area contributed by atoms with E-state index in [0.29, 0.717) is 0 Å². The molecule has 4 aliphatic rings. The molecule has 6 heteroatoms. The molecule has 2 heterocycles. The van der Waals surface area contributed by atoms with Crippen LogP contribution < -0.4 is 11.2 Å². The van der Waals surface area contributed by atoms with Crippen LogP contribution in [0.2, 0.25) is 0 Å². The Morgan fingerprint density at radius 1 is 0.943 bits per heavy atom. The summed E-state index contributed by atoms with van der Waals surface area (Å²) in [6, 6.07) is 15.1. The number of nitrogens with zero attached hydrogens (tertiary/aromatic N) is 1. The Morgan fingerprint density at radius 3 is 2.34 bits per heavy atom. The first kappa shape index (κ1) is 22.9. The molecule has 0 saturated heterocycles. The van der Waals surface area contributed by atoms with Crippen molar-refractivity contribution >= 4 is 63.9 Å². The molecule has 2 aromatic rings. The van der Waals surface area contributed by atoms with Gasteiger partial charge in [-0.2, -0.15) is 5.10 Å². The van der Waals surface area contributed by atoms with Gasteiger partial charge in [-0.1, -0.05) is 48.5 Å². The Balaban J connectivity index is 1.36. The first-order valence-corrected chi connectivity index (χ1v) is 14.0. The number of thiocarbonyl (C=S) groups is 1. The fourth-order valence-corrected chi connectivity index (χ4v) is 8.90. The standard InChI is InChI=1S/C29H27N3S3/c1-28-25(15-20(34-28)14-13-19-9-5-8-18-7-3-4-10-22(18)19)23-11-6-12-24(23)26-16-21(35-29(26,28)2)17-31-32-27(30)33/h3-5,7-10,13-17H,6,11-12H2,1-2H3,(H3,30,32,33)/b14-13+,31-17-. The Bertz CT molecular complexity index is 1450. The molecule has 0 bridgehead atoms. The fourth-order valence-electron chi connectivity index (χ4n) is 5.87. The molecule has 2 unspecified atom stereocenters. The number of nitrogens with one attached hydrogen (secondary N) is 1. The van der Waals surface area contributed by atoms with Gasteiger partial charge < -0.3 is 5.73 Å². The molecular weight excluding hydrogens is 487 g/mol. The van der Waals surface area contributed by atoms with Gasteiger partial charge in [0.1, 0.15) is 0 Å². The Morgan fingerprint density at radius 2 is 1.60 bits per heavy atom. The highest BCUT2D eigenvalue weighted by Gasteiger charge is 2.58. The first-order chi connectivity index (χ1) is 16.9. The fraction of sp³-hybridized carbons (Fsp3) is 0.241. The minimum Gasteiger partial charge on any atom is -0.375 e. The molecular formula is C29H27N3S3. The summed E-state index contributed by atoms with van der Waals surface area (Å²) < 4.78 is -0.108. The lowest BCUT2D eigenvalue weighted by molar-refractivity contribution is 0.607. The van der Waals surface area contributed by atoms with Crippen molar-refractivity contribution in [2.75, 3.05) is 0 Å². The lowest BCUT2D eigenvalue weighted by Crippen LogP contribution is -2.47. The largest absolute Gasteiger partial charge is 0.375 e. The maximum atomic E-state index is 5.55. The topological polar surface area (TPSA) is 50.4 Å². The second-order valence-corrected chi connectivity index (χ2v) is 13.1. The average Bonchev–Trinajstić information content (AvgIpc) is 3.53. The Kier molecular flexibility index (Phi) is 5.59. The number of allylic oxidation sites excluding steroid dienone is 6. The highest BCUT2D eigenvalue weighted by molar-refractivity contribution is 8.09. The zero-order valence-electron chi connectivity index (χ0n) is 19.8. The van der Waals surface area contributed by atoms with Gasteiger partial charge in [0.25, 0.3) is 0 Å². The summed E-state index contributed by atoms with van der Waals surface area (Å²) in [5, 5.41) is 6.99. The molecule has 0 aromatic heterocycles. The van der Waals surface area contributed by atoms with Crippen molar-refractivity contribution < 1.29 is 0 Å². The predicted octanol–water partition coefficient (Wildman–Crippen LogP) is 7.24. The molecule has 2 aliphatic carbocycles. The number of fused-ring (bicyclic) bond motifs is 5. The highest BCUT2D eigenvalue weighted by atomic mass is 32.2. The molecule has 1 fully saturated rings. The molecule has 0 radical (unpaired) electrons. The minimum absolute atomic E-state index is 0.0444. The monoisotopic (exact) mass is 513 g/mol. The number of nitrogens with two attached hydrogens (primary N) is 1. The van der Waals surface area contributed by atoms with Crippen molar-refractivity contribution in [2.24, 2.45) is 10.8 Å². The summed E-state index contributed by atoms with van der Waals surface area (Å²) in [6.45, 7) is 4.84. The van der Waals surface area contributed by atoms with Crippen LogP contribution in [0.1, 0.15) is 38.7 Å². The van der Waals surface area contributed by atoms with E-state index >= 15 is 0 Å². The van der Waals surface area contributed by atoms with Crippen LogP contribution in [0.4, 0.5) is 0 Å². The highest BCUT2D eigenvalue weighted by Crippen LogP contribution is 2.68. The molecule has 3 nitrogen and oxygen atoms in total. The third-order valence-electron chi connectivity index (χ3n) is 7.64. The van der Waals surface area contributed by atoms with Crippen molar-refractivity contribution in [3.05, 3.63) is 98.4 Å². The van der Waals surface area contributed by atoms with Crippen LogP contribution in [0.15, 0.2) is 97.9 Å². The molecule has 1 saturated carbocycles. The second kappa shape index (κ2) is 8.54. The van der Waals surface area contributed by atoms with Gasteiger partial charge in [-0.25, -0.2) is 0 Å². The van der Waals surface area contributed by atoms with Crippen LogP contribution in [0.3, 0.4) is 0 Å². The van der Waals surface area contributed by atoms with Crippen molar-refractivity contribution in [3.8, 4) is 0 Å². The van der Waals surface area contributed by atoms with Gasteiger partial charge in [0.15, 0.2) is 5.11 Å². The van der Waals surface area contributed by atoms with Crippen LogP contribution >= 0.6 is 35.7 Å². The second-order valence-electron chi connectivity index (χ2n) is 9.64. The van der Waals surface area contributed by atoms with Gasteiger partial charge >= 0.3 is 0 Å². The zero-order valence-corrected chi connectivity index (χ0v) is 22.2. The Labute approximate surface area is 220 Å². The van der Waals surface area contributed by atoms with E-state index in [1.807, 2.05) is 29.7 Å². The molecule has 176 valence electrons. The number of rotatable bonds is 4. The van der Waals surface area contributed by atoms with Crippen LogP contribution in [-0.2, 0) is 0 Å². The number of hydrogen-bond acceptors (Lipinski definition) is 4. The van der Waals surface area contributed by atoms with E-state index in [4.69, 9.17) is 18.0 Å². The predicted molar refractivity (Wildman–Crippen MR) is 157 cm³/mol. The normalized spacial score (nSPS) is 27.5. The van der Waals surface area contributed by atoms with E-state index in [0.717, 1.165) is 11.3 Å². The lowest BCUT2D eigenvalue weighted by atomic mass is 9.72. The molecule has 0 amide bonds. The molecule has 2 aromatic carbocycles. The smallest absolute Gasteiger partial charge is 0.184 e. The maximum absolute atomic E-state index is 5.55. The third kappa shape index (κ3) is 3.65. The average molecular weight is 514 g/mol. The van der Waals surface area contributed by atoms with Crippen LogP contribution in [0.5, 0.6) is 0 Å². The summed E-state index contributed by atoms with van der Waals surface area (Å²) in [5.41, 5.74) is 15.6. The summed E-state index contributed by atoms with van der Waals surface area (Å²) in [5.74, 6) is 0. The van der Waals surface area contributed by atoms with Gasteiger partial charge in [-0.3, -0.25) is 5.43 Å². The lowest BCUT2D eigenvalue weighted by Gasteiger charge is -2.47. The van der Waals surface area contributed by atoms with E-state index in [1.165, 1.54) is 45.2 Å². The minimum atomic E-state index is -0.0632. The van der Waals surface area contributed by atoms with Gasteiger partial charge in [0.05, 0.1) is 15.7 Å². The van der Waals surface area contributed by atoms with Crippen molar-refractivity contribution in [1.29, 1.82) is 0 Å². The van der Waals surface area contributed by atoms with Gasteiger partial charge in [-0.15, -0.1) is 23.5 Å². The molecule has 2 aliphatic heterocycles. The quantitative estimate of drug-likeness (QED) is 0.256. The molecule has 3 N–H and O–H groups in total. The molecule has 6 rings (SSSR count). The zero-order chi connectivity index (χ0) is 24.2. The first-order valence-electron chi connectivity index (χ1n) is 11.9. The molecule has 35 heavy (non-hydrogen) atoms. The molecule has 2 atom stereocenters. The SMILES string of the molecule is CC12SC(/C=N\NC(N)=S)=CC1=C1CCCC1=C1C=C(/C=C/c3cccc4ccccc34)SC12C. The maximum Gasteiger partial charge on any atom is 0.184 e. The number of thioether (sulfide) groups is 2. The van der Waals surface area contributed by atoms with Gasteiger partial charge in [0.2, 0.25) is 0 Å². The van der Waals surface area contributed by atoms with Crippen molar-refractivity contribution in [2.45, 2.75) is 42.6 Å². The summed E-state index contributed by atoms with van der Waals surface area (Å²) >= 11 is 8.80. The van der Waals surface area contributed by atoms with E-state index in [1.54, 1.807) is 11.1 Å². The van der Waals surface area contributed by atoms with Crippen molar-refractivity contribution in [1.82, 2.24) is 5.43 Å². The van der Waals surface area contributed by atoms with E-state index in [9.17, 15) is 0 Å². The number of hydrazone groups is 1.